The molecule has 3 rings (SSSR count). The molecular formula is C19H27ClIN5OS. The number of rotatable bonds is 7. The SMILES string of the molecule is CCNC(=NCCc1nc(-c2ccc(Cl)cc2)no1)NC1CCC(SC)C1.I. The monoisotopic (exact) mass is 535 g/mol. The Kier molecular flexibility index (Phi) is 9.87. The Labute approximate surface area is 192 Å². The van der Waals surface area contributed by atoms with Crippen LogP contribution in [0.3, 0.4) is 0 Å². The minimum absolute atomic E-state index is 0. The van der Waals surface area contributed by atoms with Gasteiger partial charge < -0.3 is 15.2 Å². The number of hydrogen-bond donors (Lipinski definition) is 2. The second-order valence-corrected chi connectivity index (χ2v) is 8.12. The van der Waals surface area contributed by atoms with E-state index in [2.05, 4.69) is 38.9 Å². The highest BCUT2D eigenvalue weighted by atomic mass is 127. The molecule has 1 saturated carbocycles. The van der Waals surface area contributed by atoms with E-state index >= 15 is 0 Å². The summed E-state index contributed by atoms with van der Waals surface area (Å²) in [4.78, 5) is 9.10. The van der Waals surface area contributed by atoms with Crippen LogP contribution in [0.1, 0.15) is 32.1 Å². The minimum atomic E-state index is 0. The van der Waals surface area contributed by atoms with Crippen molar-refractivity contribution in [1.82, 2.24) is 20.8 Å². The van der Waals surface area contributed by atoms with Gasteiger partial charge in [0.1, 0.15) is 0 Å². The zero-order chi connectivity index (χ0) is 19.1. The minimum Gasteiger partial charge on any atom is -0.357 e. The molecule has 2 unspecified atom stereocenters. The summed E-state index contributed by atoms with van der Waals surface area (Å²) in [6.45, 7) is 3.51. The van der Waals surface area contributed by atoms with Gasteiger partial charge >= 0.3 is 0 Å². The Bertz CT molecular complexity index is 755. The number of thioether (sulfide) groups is 1. The molecule has 1 heterocycles. The van der Waals surface area contributed by atoms with Crippen LogP contribution in [0.25, 0.3) is 11.4 Å². The van der Waals surface area contributed by atoms with Crippen molar-refractivity contribution < 1.29 is 4.52 Å². The first kappa shape index (κ1) is 23.3. The Morgan fingerprint density at radius 1 is 1.32 bits per heavy atom. The summed E-state index contributed by atoms with van der Waals surface area (Å²) in [6.07, 6.45) is 6.46. The fraction of sp³-hybridized carbons (Fsp3) is 0.526. The van der Waals surface area contributed by atoms with Gasteiger partial charge in [0, 0.05) is 34.8 Å². The van der Waals surface area contributed by atoms with Gasteiger partial charge in [0.05, 0.1) is 6.54 Å². The summed E-state index contributed by atoms with van der Waals surface area (Å²) in [5, 5.41) is 12.4. The maximum absolute atomic E-state index is 5.91. The Hall–Kier alpha value is -1.000. The molecule has 6 nitrogen and oxygen atoms in total. The number of aliphatic imine (C=N–C) groups is 1. The normalized spacial score (nSPS) is 19.3. The van der Waals surface area contributed by atoms with E-state index in [1.54, 1.807) is 0 Å². The molecule has 154 valence electrons. The average Bonchev–Trinajstić information content (AvgIpc) is 3.32. The molecule has 0 bridgehead atoms. The van der Waals surface area contributed by atoms with Crippen molar-refractivity contribution in [3.8, 4) is 11.4 Å². The highest BCUT2D eigenvalue weighted by molar-refractivity contribution is 14.0. The van der Waals surface area contributed by atoms with Crippen LogP contribution in [0.2, 0.25) is 5.02 Å². The van der Waals surface area contributed by atoms with Gasteiger partial charge in [-0.1, -0.05) is 16.8 Å². The second-order valence-electron chi connectivity index (χ2n) is 6.54. The van der Waals surface area contributed by atoms with Crippen LogP contribution in [-0.4, -0.2) is 46.7 Å². The molecule has 2 N–H and O–H groups in total. The maximum atomic E-state index is 5.91. The van der Waals surface area contributed by atoms with Crippen molar-refractivity contribution in [3.63, 3.8) is 0 Å². The van der Waals surface area contributed by atoms with Crippen molar-refractivity contribution in [3.05, 3.63) is 35.2 Å². The summed E-state index contributed by atoms with van der Waals surface area (Å²) < 4.78 is 5.35. The van der Waals surface area contributed by atoms with E-state index in [1.807, 2.05) is 36.0 Å². The number of halogens is 2. The van der Waals surface area contributed by atoms with Gasteiger partial charge in [-0.05, 0) is 56.7 Å². The summed E-state index contributed by atoms with van der Waals surface area (Å²) in [6, 6.07) is 7.89. The van der Waals surface area contributed by atoms with Gasteiger partial charge in [-0.25, -0.2) is 0 Å². The predicted octanol–water partition coefficient (Wildman–Crippen LogP) is 4.39. The lowest BCUT2D eigenvalue weighted by atomic mass is 10.2. The first-order chi connectivity index (χ1) is 13.2. The molecule has 1 aliphatic rings. The number of nitrogens with zero attached hydrogens (tertiary/aromatic N) is 3. The molecule has 2 aromatic rings. The molecule has 9 heteroatoms. The molecule has 0 saturated heterocycles. The van der Waals surface area contributed by atoms with Gasteiger partial charge in [0.25, 0.3) is 0 Å². The lowest BCUT2D eigenvalue weighted by Gasteiger charge is -2.17. The molecule has 1 fully saturated rings. The van der Waals surface area contributed by atoms with Crippen molar-refractivity contribution in [2.75, 3.05) is 19.3 Å². The van der Waals surface area contributed by atoms with Gasteiger partial charge in [0.2, 0.25) is 11.7 Å². The molecule has 0 radical (unpaired) electrons. The van der Waals surface area contributed by atoms with Crippen molar-refractivity contribution in [2.45, 2.75) is 43.9 Å². The maximum Gasteiger partial charge on any atom is 0.228 e. The fourth-order valence-electron chi connectivity index (χ4n) is 3.13. The fourth-order valence-corrected chi connectivity index (χ4v) is 4.06. The summed E-state index contributed by atoms with van der Waals surface area (Å²) in [5.41, 5.74) is 0.887. The molecule has 2 atom stereocenters. The van der Waals surface area contributed by atoms with E-state index < -0.39 is 0 Å². The molecule has 1 aromatic heterocycles. The van der Waals surface area contributed by atoms with E-state index in [9.17, 15) is 0 Å². The average molecular weight is 536 g/mol. The van der Waals surface area contributed by atoms with Gasteiger partial charge in [-0.15, -0.1) is 24.0 Å². The van der Waals surface area contributed by atoms with E-state index in [1.165, 1.54) is 19.3 Å². The standard InChI is InChI=1S/C19H26ClN5OS.HI/c1-3-21-19(23-15-8-9-16(12-15)27-2)22-11-10-17-24-18(25-26-17)13-4-6-14(20)7-5-13;/h4-7,15-16H,3,8-12H2,1-2H3,(H2,21,22,23);1H. The van der Waals surface area contributed by atoms with Gasteiger partial charge in [-0.2, -0.15) is 16.7 Å². The zero-order valence-corrected chi connectivity index (χ0v) is 20.1. The smallest absolute Gasteiger partial charge is 0.228 e. The van der Waals surface area contributed by atoms with Crippen molar-refractivity contribution in [2.24, 2.45) is 4.99 Å². The van der Waals surface area contributed by atoms with Crippen LogP contribution >= 0.6 is 47.3 Å². The third kappa shape index (κ3) is 6.81. The Balaban J connectivity index is 0.00000280. The molecule has 0 spiro atoms. The topological polar surface area (TPSA) is 75.3 Å². The Morgan fingerprint density at radius 2 is 2.11 bits per heavy atom. The van der Waals surface area contributed by atoms with Gasteiger partial charge in [0.15, 0.2) is 5.96 Å². The predicted molar refractivity (Wildman–Crippen MR) is 128 cm³/mol. The summed E-state index contributed by atoms with van der Waals surface area (Å²) in [7, 11) is 0. The van der Waals surface area contributed by atoms with E-state index in [4.69, 9.17) is 16.1 Å². The summed E-state index contributed by atoms with van der Waals surface area (Å²) >= 11 is 7.87. The third-order valence-electron chi connectivity index (χ3n) is 4.57. The van der Waals surface area contributed by atoms with Crippen LogP contribution in [0.5, 0.6) is 0 Å². The first-order valence-corrected chi connectivity index (χ1v) is 11.0. The molecular weight excluding hydrogens is 509 g/mol. The molecule has 1 aromatic carbocycles. The van der Waals surface area contributed by atoms with E-state index in [0.29, 0.717) is 35.7 Å². The molecule has 0 aliphatic heterocycles. The lowest BCUT2D eigenvalue weighted by Crippen LogP contribution is -2.42. The number of guanidine groups is 1. The Morgan fingerprint density at radius 3 is 2.79 bits per heavy atom. The van der Waals surface area contributed by atoms with Crippen molar-refractivity contribution >= 4 is 53.3 Å². The highest BCUT2D eigenvalue weighted by Crippen LogP contribution is 2.28. The molecule has 28 heavy (non-hydrogen) atoms. The zero-order valence-electron chi connectivity index (χ0n) is 16.2. The number of benzene rings is 1. The van der Waals surface area contributed by atoms with Crippen LogP contribution in [0, 0.1) is 0 Å². The van der Waals surface area contributed by atoms with Crippen LogP contribution in [0.15, 0.2) is 33.8 Å². The quantitative estimate of drug-likeness (QED) is 0.311. The van der Waals surface area contributed by atoms with Crippen molar-refractivity contribution in [1.29, 1.82) is 0 Å². The van der Waals surface area contributed by atoms with Crippen LogP contribution in [0.4, 0.5) is 0 Å². The van der Waals surface area contributed by atoms with E-state index in [-0.39, 0.29) is 24.0 Å². The molecule has 1 aliphatic carbocycles. The number of hydrogen-bond acceptors (Lipinski definition) is 5. The summed E-state index contributed by atoms with van der Waals surface area (Å²) in [5.74, 6) is 2.02. The first-order valence-electron chi connectivity index (χ1n) is 9.34. The molecule has 0 amide bonds. The van der Waals surface area contributed by atoms with Gasteiger partial charge in [-0.3, -0.25) is 4.99 Å². The third-order valence-corrected chi connectivity index (χ3v) is 5.92. The lowest BCUT2D eigenvalue weighted by molar-refractivity contribution is 0.380. The highest BCUT2D eigenvalue weighted by Gasteiger charge is 2.24. The second kappa shape index (κ2) is 11.9. The van der Waals surface area contributed by atoms with E-state index in [0.717, 1.165) is 23.3 Å². The van der Waals surface area contributed by atoms with Crippen LogP contribution in [-0.2, 0) is 6.42 Å². The largest absolute Gasteiger partial charge is 0.357 e. The number of aromatic nitrogens is 2. The number of nitrogens with one attached hydrogen (secondary N) is 2. The van der Waals surface area contributed by atoms with Crippen LogP contribution < -0.4 is 10.6 Å².